The number of amides is 1. The summed E-state index contributed by atoms with van der Waals surface area (Å²) < 4.78 is 5.18. The Labute approximate surface area is 110 Å². The molecule has 0 aromatic carbocycles. The van der Waals surface area contributed by atoms with E-state index >= 15 is 0 Å². The monoisotopic (exact) mass is 257 g/mol. The average Bonchev–Trinajstić information content (AvgIpc) is 2.32. The van der Waals surface area contributed by atoms with Crippen LogP contribution < -0.4 is 5.32 Å². The summed E-state index contributed by atoms with van der Waals surface area (Å²) in [6.07, 6.45) is 5.06. The summed E-state index contributed by atoms with van der Waals surface area (Å²) in [6.45, 7) is 5.82. The van der Waals surface area contributed by atoms with E-state index in [9.17, 15) is 9.90 Å². The lowest BCUT2D eigenvalue weighted by Gasteiger charge is -2.35. The van der Waals surface area contributed by atoms with Gasteiger partial charge in [-0.05, 0) is 32.1 Å². The Morgan fingerprint density at radius 3 is 3.00 bits per heavy atom. The van der Waals surface area contributed by atoms with E-state index in [1.807, 2.05) is 6.92 Å². The predicted octanol–water partition coefficient (Wildman–Crippen LogP) is 1.86. The number of carbonyl (C=O) groups excluding carboxylic acids is 1. The zero-order valence-corrected chi connectivity index (χ0v) is 11.7. The SMILES string of the molecule is CCOCCCC(=O)NCC1(O)CCCC(C)C1. The van der Waals surface area contributed by atoms with Gasteiger partial charge in [0.05, 0.1) is 5.60 Å². The third-order valence-electron chi connectivity index (χ3n) is 3.58. The van der Waals surface area contributed by atoms with Gasteiger partial charge in [-0.2, -0.15) is 0 Å². The molecule has 18 heavy (non-hydrogen) atoms. The fourth-order valence-electron chi connectivity index (χ4n) is 2.62. The lowest BCUT2D eigenvalue weighted by Crippen LogP contribution is -2.45. The van der Waals surface area contributed by atoms with E-state index in [0.717, 1.165) is 25.7 Å². The van der Waals surface area contributed by atoms with Crippen molar-refractivity contribution in [3.8, 4) is 0 Å². The first-order valence-corrected chi connectivity index (χ1v) is 7.12. The van der Waals surface area contributed by atoms with Crippen LogP contribution in [0.4, 0.5) is 0 Å². The molecule has 1 amide bonds. The minimum Gasteiger partial charge on any atom is -0.388 e. The van der Waals surface area contributed by atoms with Crippen LogP contribution in [0, 0.1) is 5.92 Å². The lowest BCUT2D eigenvalue weighted by atomic mass is 9.79. The number of hydrogen-bond acceptors (Lipinski definition) is 3. The first-order chi connectivity index (χ1) is 8.56. The maximum absolute atomic E-state index is 11.6. The number of rotatable bonds is 7. The fourth-order valence-corrected chi connectivity index (χ4v) is 2.62. The van der Waals surface area contributed by atoms with Crippen LogP contribution in [0.25, 0.3) is 0 Å². The quantitative estimate of drug-likeness (QED) is 0.684. The van der Waals surface area contributed by atoms with Gasteiger partial charge in [-0.3, -0.25) is 4.79 Å². The number of hydrogen-bond donors (Lipinski definition) is 2. The molecule has 0 heterocycles. The van der Waals surface area contributed by atoms with Crippen molar-refractivity contribution in [3.05, 3.63) is 0 Å². The van der Waals surface area contributed by atoms with Crippen LogP contribution in [-0.2, 0) is 9.53 Å². The topological polar surface area (TPSA) is 58.6 Å². The molecule has 0 aromatic rings. The van der Waals surface area contributed by atoms with Crippen molar-refractivity contribution in [3.63, 3.8) is 0 Å². The smallest absolute Gasteiger partial charge is 0.220 e. The first kappa shape index (κ1) is 15.4. The second-order valence-corrected chi connectivity index (χ2v) is 5.50. The van der Waals surface area contributed by atoms with Crippen LogP contribution in [0.5, 0.6) is 0 Å². The molecule has 1 fully saturated rings. The summed E-state index contributed by atoms with van der Waals surface area (Å²) in [4.78, 5) is 11.6. The molecule has 1 aliphatic rings. The molecule has 2 N–H and O–H groups in total. The molecule has 1 aliphatic carbocycles. The van der Waals surface area contributed by atoms with Crippen molar-refractivity contribution in [2.45, 2.75) is 58.0 Å². The van der Waals surface area contributed by atoms with Crippen LogP contribution in [-0.4, -0.2) is 36.4 Å². The molecule has 2 unspecified atom stereocenters. The van der Waals surface area contributed by atoms with Crippen molar-refractivity contribution in [2.75, 3.05) is 19.8 Å². The van der Waals surface area contributed by atoms with Crippen LogP contribution in [0.15, 0.2) is 0 Å². The Hall–Kier alpha value is -0.610. The molecule has 0 aliphatic heterocycles. The molecule has 0 aromatic heterocycles. The largest absolute Gasteiger partial charge is 0.388 e. The maximum Gasteiger partial charge on any atom is 0.220 e. The molecule has 0 spiro atoms. The predicted molar refractivity (Wildman–Crippen MR) is 71.3 cm³/mol. The first-order valence-electron chi connectivity index (χ1n) is 7.12. The summed E-state index contributed by atoms with van der Waals surface area (Å²) in [6, 6.07) is 0. The Morgan fingerprint density at radius 2 is 2.33 bits per heavy atom. The average molecular weight is 257 g/mol. The molecule has 0 radical (unpaired) electrons. The maximum atomic E-state index is 11.6. The Bertz CT molecular complexity index is 257. The van der Waals surface area contributed by atoms with E-state index < -0.39 is 5.60 Å². The zero-order chi connectivity index (χ0) is 13.4. The van der Waals surface area contributed by atoms with Crippen LogP contribution in [0.2, 0.25) is 0 Å². The second kappa shape index (κ2) is 7.74. The minimum absolute atomic E-state index is 0.0151. The van der Waals surface area contributed by atoms with E-state index in [1.165, 1.54) is 6.42 Å². The van der Waals surface area contributed by atoms with Gasteiger partial charge in [-0.15, -0.1) is 0 Å². The number of aliphatic hydroxyl groups is 1. The van der Waals surface area contributed by atoms with Gasteiger partial charge < -0.3 is 15.2 Å². The van der Waals surface area contributed by atoms with Crippen molar-refractivity contribution >= 4 is 5.91 Å². The third kappa shape index (κ3) is 5.83. The van der Waals surface area contributed by atoms with E-state index in [4.69, 9.17) is 4.74 Å². The Morgan fingerprint density at radius 1 is 1.56 bits per heavy atom. The standard InChI is InChI=1S/C14H27NO3/c1-3-18-9-5-7-13(16)15-11-14(17)8-4-6-12(2)10-14/h12,17H,3-11H2,1-2H3,(H,15,16). The molecular weight excluding hydrogens is 230 g/mol. The summed E-state index contributed by atoms with van der Waals surface area (Å²) in [7, 11) is 0. The van der Waals surface area contributed by atoms with E-state index in [1.54, 1.807) is 0 Å². The summed E-state index contributed by atoms with van der Waals surface area (Å²) in [5.74, 6) is 0.569. The molecule has 4 nitrogen and oxygen atoms in total. The molecular formula is C14H27NO3. The normalized spacial score (nSPS) is 28.1. The second-order valence-electron chi connectivity index (χ2n) is 5.50. The van der Waals surface area contributed by atoms with Gasteiger partial charge in [0, 0.05) is 26.2 Å². The highest BCUT2D eigenvalue weighted by Gasteiger charge is 2.32. The Balaban J connectivity index is 2.16. The van der Waals surface area contributed by atoms with Gasteiger partial charge in [0.15, 0.2) is 0 Å². The minimum atomic E-state index is -0.687. The van der Waals surface area contributed by atoms with Crippen molar-refractivity contribution < 1.29 is 14.6 Å². The lowest BCUT2D eigenvalue weighted by molar-refractivity contribution is -0.123. The van der Waals surface area contributed by atoms with Crippen LogP contribution in [0.1, 0.15) is 52.4 Å². The molecule has 1 rings (SSSR count). The highest BCUT2D eigenvalue weighted by Crippen LogP contribution is 2.31. The highest BCUT2D eigenvalue weighted by molar-refractivity contribution is 5.75. The highest BCUT2D eigenvalue weighted by atomic mass is 16.5. The van der Waals surface area contributed by atoms with Gasteiger partial charge in [0.25, 0.3) is 0 Å². The van der Waals surface area contributed by atoms with E-state index in [2.05, 4.69) is 12.2 Å². The van der Waals surface area contributed by atoms with Gasteiger partial charge in [-0.25, -0.2) is 0 Å². The summed E-state index contributed by atoms with van der Waals surface area (Å²) in [5.41, 5.74) is -0.687. The summed E-state index contributed by atoms with van der Waals surface area (Å²) >= 11 is 0. The number of nitrogens with one attached hydrogen (secondary N) is 1. The van der Waals surface area contributed by atoms with Gasteiger partial charge >= 0.3 is 0 Å². The molecule has 0 saturated heterocycles. The van der Waals surface area contributed by atoms with Gasteiger partial charge in [0.1, 0.15) is 0 Å². The molecule has 0 bridgehead atoms. The van der Waals surface area contributed by atoms with Crippen LogP contribution in [0.3, 0.4) is 0 Å². The number of ether oxygens (including phenoxy) is 1. The summed E-state index contributed by atoms with van der Waals surface area (Å²) in [5, 5.41) is 13.2. The van der Waals surface area contributed by atoms with Crippen molar-refractivity contribution in [1.29, 1.82) is 0 Å². The molecule has 4 heteroatoms. The third-order valence-corrected chi connectivity index (χ3v) is 3.58. The van der Waals surface area contributed by atoms with E-state index in [0.29, 0.717) is 32.1 Å². The molecule has 2 atom stereocenters. The van der Waals surface area contributed by atoms with Crippen molar-refractivity contribution in [2.24, 2.45) is 5.92 Å². The van der Waals surface area contributed by atoms with Crippen molar-refractivity contribution in [1.82, 2.24) is 5.32 Å². The fraction of sp³-hybridized carbons (Fsp3) is 0.929. The van der Waals surface area contributed by atoms with Crippen LogP contribution >= 0.6 is 0 Å². The zero-order valence-electron chi connectivity index (χ0n) is 11.7. The number of carbonyl (C=O) groups is 1. The van der Waals surface area contributed by atoms with Gasteiger partial charge in [-0.1, -0.05) is 19.8 Å². The van der Waals surface area contributed by atoms with E-state index in [-0.39, 0.29) is 5.91 Å². The Kier molecular flexibility index (Phi) is 6.65. The van der Waals surface area contributed by atoms with Gasteiger partial charge in [0.2, 0.25) is 5.91 Å². The molecule has 106 valence electrons. The molecule has 1 saturated carbocycles.